The largest absolute Gasteiger partial charge is 0.348 e. The molecule has 2 rings (SSSR count). The minimum atomic E-state index is 1.15. The van der Waals surface area contributed by atoms with Gasteiger partial charge < -0.3 is 4.90 Å². The standard InChI is InChI=1S/C8H11N2S/c1-2-5-10(6-3-1)8-9-4-7-11-8/h1,4,7H,2-3,5-6H2. The number of anilines is 1. The zero-order valence-electron chi connectivity index (χ0n) is 6.36. The third-order valence-corrected chi connectivity index (χ3v) is 2.73. The molecule has 1 saturated heterocycles. The van der Waals surface area contributed by atoms with Crippen LogP contribution in [0.15, 0.2) is 11.6 Å². The lowest BCUT2D eigenvalue weighted by atomic mass is 10.1. The first kappa shape index (κ1) is 7.10. The van der Waals surface area contributed by atoms with E-state index in [-0.39, 0.29) is 0 Å². The van der Waals surface area contributed by atoms with Gasteiger partial charge in [-0.25, -0.2) is 4.98 Å². The fourth-order valence-corrected chi connectivity index (χ4v) is 2.01. The van der Waals surface area contributed by atoms with E-state index in [0.717, 1.165) is 13.1 Å². The van der Waals surface area contributed by atoms with Crippen LogP contribution in [0, 0.1) is 6.42 Å². The summed E-state index contributed by atoms with van der Waals surface area (Å²) in [5, 5.41) is 3.21. The van der Waals surface area contributed by atoms with Gasteiger partial charge in [-0.15, -0.1) is 11.3 Å². The molecule has 0 aliphatic carbocycles. The fourth-order valence-electron chi connectivity index (χ4n) is 1.31. The Bertz CT molecular complexity index is 202. The van der Waals surface area contributed by atoms with Crippen LogP contribution >= 0.6 is 11.3 Å². The van der Waals surface area contributed by atoms with Crippen LogP contribution in [0.2, 0.25) is 0 Å². The van der Waals surface area contributed by atoms with Gasteiger partial charge in [0.05, 0.1) is 0 Å². The molecule has 2 nitrogen and oxygen atoms in total. The Morgan fingerprint density at radius 1 is 1.36 bits per heavy atom. The van der Waals surface area contributed by atoms with Gasteiger partial charge in [-0.2, -0.15) is 0 Å². The molecule has 1 aliphatic heterocycles. The van der Waals surface area contributed by atoms with Crippen LogP contribution in [-0.2, 0) is 0 Å². The van der Waals surface area contributed by atoms with Gasteiger partial charge >= 0.3 is 0 Å². The van der Waals surface area contributed by atoms with Gasteiger partial charge in [0.2, 0.25) is 0 Å². The molecule has 0 aromatic carbocycles. The molecule has 0 amide bonds. The van der Waals surface area contributed by atoms with Gasteiger partial charge in [0.25, 0.3) is 0 Å². The van der Waals surface area contributed by atoms with Crippen molar-refractivity contribution in [3.8, 4) is 0 Å². The number of hydrogen-bond donors (Lipinski definition) is 0. The number of rotatable bonds is 1. The molecule has 11 heavy (non-hydrogen) atoms. The molecule has 0 spiro atoms. The zero-order chi connectivity index (χ0) is 7.52. The summed E-state index contributed by atoms with van der Waals surface area (Å²) in [6.07, 6.45) is 6.64. The Morgan fingerprint density at radius 2 is 2.18 bits per heavy atom. The van der Waals surface area contributed by atoms with E-state index in [1.54, 1.807) is 11.3 Å². The number of hydrogen-bond acceptors (Lipinski definition) is 3. The highest BCUT2D eigenvalue weighted by Crippen LogP contribution is 2.20. The summed E-state index contributed by atoms with van der Waals surface area (Å²) in [6.45, 7) is 2.29. The highest BCUT2D eigenvalue weighted by Gasteiger charge is 2.11. The van der Waals surface area contributed by atoms with E-state index in [9.17, 15) is 0 Å². The number of nitrogens with zero attached hydrogens (tertiary/aromatic N) is 2. The van der Waals surface area contributed by atoms with Crippen molar-refractivity contribution in [3.63, 3.8) is 0 Å². The molecule has 0 saturated carbocycles. The first-order valence-electron chi connectivity index (χ1n) is 3.93. The third kappa shape index (κ3) is 1.53. The molecule has 0 unspecified atom stereocenters. The van der Waals surface area contributed by atoms with Crippen molar-refractivity contribution in [2.24, 2.45) is 0 Å². The topological polar surface area (TPSA) is 16.1 Å². The van der Waals surface area contributed by atoms with Crippen LogP contribution in [-0.4, -0.2) is 18.1 Å². The molecule has 2 heterocycles. The maximum atomic E-state index is 4.27. The zero-order valence-corrected chi connectivity index (χ0v) is 7.18. The summed E-state index contributed by atoms with van der Waals surface area (Å²) in [5.41, 5.74) is 0. The van der Waals surface area contributed by atoms with Crippen LogP contribution in [0.3, 0.4) is 0 Å². The van der Waals surface area contributed by atoms with Crippen molar-refractivity contribution in [2.45, 2.75) is 12.8 Å². The van der Waals surface area contributed by atoms with Crippen molar-refractivity contribution in [3.05, 3.63) is 18.0 Å². The van der Waals surface area contributed by atoms with E-state index in [1.807, 2.05) is 11.6 Å². The molecule has 1 aromatic rings. The fraction of sp³-hybridized carbons (Fsp3) is 0.500. The molecule has 1 aliphatic rings. The molecule has 0 atom stereocenters. The SMILES string of the molecule is [CH]1CCN(c2nccs2)CC1. The summed E-state index contributed by atoms with van der Waals surface area (Å²) in [7, 11) is 0. The van der Waals surface area contributed by atoms with Crippen LogP contribution < -0.4 is 4.90 Å². The maximum Gasteiger partial charge on any atom is 0.185 e. The Balaban J connectivity index is 2.04. The number of piperidine rings is 1. The van der Waals surface area contributed by atoms with Crippen molar-refractivity contribution < 1.29 is 0 Å². The molecule has 59 valence electrons. The molecule has 0 N–H and O–H groups in total. The van der Waals surface area contributed by atoms with E-state index in [2.05, 4.69) is 16.3 Å². The van der Waals surface area contributed by atoms with Crippen molar-refractivity contribution >= 4 is 16.5 Å². The lowest BCUT2D eigenvalue weighted by Gasteiger charge is -2.25. The normalized spacial score (nSPS) is 18.7. The molecule has 0 bridgehead atoms. The summed E-state index contributed by atoms with van der Waals surface area (Å²) < 4.78 is 0. The van der Waals surface area contributed by atoms with E-state index >= 15 is 0 Å². The van der Waals surface area contributed by atoms with Crippen LogP contribution in [0.1, 0.15) is 12.8 Å². The Morgan fingerprint density at radius 3 is 2.82 bits per heavy atom. The summed E-state index contributed by atoms with van der Waals surface area (Å²) in [4.78, 5) is 6.62. The lowest BCUT2D eigenvalue weighted by Crippen LogP contribution is -2.29. The summed E-state index contributed by atoms with van der Waals surface area (Å²) in [5.74, 6) is 0. The monoisotopic (exact) mass is 167 g/mol. The second-order valence-corrected chi connectivity index (χ2v) is 3.54. The van der Waals surface area contributed by atoms with Gasteiger partial charge in [0, 0.05) is 24.7 Å². The molecular weight excluding hydrogens is 156 g/mol. The van der Waals surface area contributed by atoms with E-state index in [4.69, 9.17) is 0 Å². The highest BCUT2D eigenvalue weighted by molar-refractivity contribution is 7.13. The van der Waals surface area contributed by atoms with Gasteiger partial charge in [-0.3, -0.25) is 0 Å². The minimum absolute atomic E-state index is 1.15. The van der Waals surface area contributed by atoms with E-state index in [1.165, 1.54) is 18.0 Å². The number of aromatic nitrogens is 1. The molecular formula is C8H11N2S. The van der Waals surface area contributed by atoms with E-state index < -0.39 is 0 Å². The van der Waals surface area contributed by atoms with Crippen molar-refractivity contribution in [1.82, 2.24) is 4.98 Å². The average Bonchev–Trinajstić information content (AvgIpc) is 2.58. The Kier molecular flexibility index (Phi) is 2.08. The summed E-state index contributed by atoms with van der Waals surface area (Å²) in [6, 6.07) is 0. The molecule has 1 fully saturated rings. The van der Waals surface area contributed by atoms with Crippen LogP contribution in [0.5, 0.6) is 0 Å². The predicted molar refractivity (Wildman–Crippen MR) is 47.9 cm³/mol. The first-order valence-corrected chi connectivity index (χ1v) is 4.81. The number of thiazole rings is 1. The maximum absolute atomic E-state index is 4.27. The molecule has 3 heteroatoms. The van der Waals surface area contributed by atoms with Gasteiger partial charge in [-0.05, 0) is 19.3 Å². The average molecular weight is 167 g/mol. The summed E-state index contributed by atoms with van der Waals surface area (Å²) >= 11 is 1.73. The lowest BCUT2D eigenvalue weighted by molar-refractivity contribution is 0.677. The van der Waals surface area contributed by atoms with Crippen molar-refractivity contribution in [2.75, 3.05) is 18.0 Å². The second kappa shape index (κ2) is 3.22. The Hall–Kier alpha value is -0.570. The Labute approximate surface area is 70.9 Å². The minimum Gasteiger partial charge on any atom is -0.348 e. The van der Waals surface area contributed by atoms with Crippen LogP contribution in [0.25, 0.3) is 0 Å². The van der Waals surface area contributed by atoms with Gasteiger partial charge in [-0.1, -0.05) is 0 Å². The van der Waals surface area contributed by atoms with E-state index in [0.29, 0.717) is 0 Å². The molecule has 1 radical (unpaired) electrons. The second-order valence-electron chi connectivity index (χ2n) is 2.67. The molecule has 1 aromatic heterocycles. The van der Waals surface area contributed by atoms with Gasteiger partial charge in [0.1, 0.15) is 0 Å². The quantitative estimate of drug-likeness (QED) is 0.635. The van der Waals surface area contributed by atoms with Gasteiger partial charge in [0.15, 0.2) is 5.13 Å². The smallest absolute Gasteiger partial charge is 0.185 e. The van der Waals surface area contributed by atoms with Crippen LogP contribution in [0.4, 0.5) is 5.13 Å². The highest BCUT2D eigenvalue weighted by atomic mass is 32.1. The third-order valence-electron chi connectivity index (χ3n) is 1.90. The predicted octanol–water partition coefficient (Wildman–Crippen LogP) is 1.95. The first-order chi connectivity index (χ1) is 5.47. The van der Waals surface area contributed by atoms with Crippen molar-refractivity contribution in [1.29, 1.82) is 0 Å².